The van der Waals surface area contributed by atoms with Crippen LogP contribution in [0.15, 0.2) is 18.2 Å². The highest BCUT2D eigenvalue weighted by atomic mass is 35.5. The van der Waals surface area contributed by atoms with E-state index < -0.39 is 0 Å². The van der Waals surface area contributed by atoms with E-state index in [1.54, 1.807) is 0 Å². The summed E-state index contributed by atoms with van der Waals surface area (Å²) in [6.45, 7) is 5.17. The first kappa shape index (κ1) is 12.3. The largest absolute Gasteiger partial charge is 0.377 e. The van der Waals surface area contributed by atoms with E-state index in [1.807, 2.05) is 26.2 Å². The standard InChI is InChI=1S/C12H19ClN2/c1-9(2)14-8-10-5-6-11(13)7-12(10)15(3)4/h5-7,9,14H,8H2,1-4H3. The van der Waals surface area contributed by atoms with E-state index in [0.717, 1.165) is 11.6 Å². The molecule has 1 aromatic carbocycles. The predicted molar refractivity (Wildman–Crippen MR) is 67.8 cm³/mol. The molecule has 0 heterocycles. The molecule has 0 fully saturated rings. The molecule has 0 bridgehead atoms. The molecule has 15 heavy (non-hydrogen) atoms. The van der Waals surface area contributed by atoms with Crippen molar-refractivity contribution < 1.29 is 0 Å². The minimum atomic E-state index is 0.496. The lowest BCUT2D eigenvalue weighted by Crippen LogP contribution is -2.23. The van der Waals surface area contributed by atoms with Crippen molar-refractivity contribution in [3.05, 3.63) is 28.8 Å². The molecule has 0 aliphatic heterocycles. The highest BCUT2D eigenvalue weighted by Crippen LogP contribution is 2.23. The van der Waals surface area contributed by atoms with Crippen LogP contribution >= 0.6 is 11.6 Å². The van der Waals surface area contributed by atoms with Gasteiger partial charge in [-0.15, -0.1) is 0 Å². The third-order valence-electron chi connectivity index (χ3n) is 2.23. The molecule has 3 heteroatoms. The van der Waals surface area contributed by atoms with Crippen molar-refractivity contribution in [1.29, 1.82) is 0 Å². The van der Waals surface area contributed by atoms with Gasteiger partial charge in [-0.1, -0.05) is 31.5 Å². The molecule has 0 spiro atoms. The molecule has 2 nitrogen and oxygen atoms in total. The first-order valence-corrected chi connectivity index (χ1v) is 5.57. The minimum absolute atomic E-state index is 0.496. The summed E-state index contributed by atoms with van der Waals surface area (Å²) in [6.07, 6.45) is 0. The second kappa shape index (κ2) is 5.38. The lowest BCUT2D eigenvalue weighted by Gasteiger charge is -2.19. The van der Waals surface area contributed by atoms with Crippen molar-refractivity contribution in [3.8, 4) is 0 Å². The molecule has 0 radical (unpaired) electrons. The Bertz CT molecular complexity index is 321. The fraction of sp³-hybridized carbons (Fsp3) is 0.500. The number of hydrogen-bond acceptors (Lipinski definition) is 2. The first-order valence-electron chi connectivity index (χ1n) is 5.20. The van der Waals surface area contributed by atoms with Gasteiger partial charge in [-0.05, 0) is 17.7 Å². The van der Waals surface area contributed by atoms with Crippen LogP contribution in [0.5, 0.6) is 0 Å². The smallest absolute Gasteiger partial charge is 0.0426 e. The number of anilines is 1. The van der Waals surface area contributed by atoms with Gasteiger partial charge in [0.05, 0.1) is 0 Å². The molecule has 0 amide bonds. The van der Waals surface area contributed by atoms with E-state index in [9.17, 15) is 0 Å². The topological polar surface area (TPSA) is 15.3 Å². The van der Waals surface area contributed by atoms with Gasteiger partial charge < -0.3 is 10.2 Å². The van der Waals surface area contributed by atoms with Gasteiger partial charge in [0, 0.05) is 37.4 Å². The molecule has 0 aliphatic carbocycles. The summed E-state index contributed by atoms with van der Waals surface area (Å²) < 4.78 is 0. The van der Waals surface area contributed by atoms with E-state index in [0.29, 0.717) is 6.04 Å². The van der Waals surface area contributed by atoms with Crippen molar-refractivity contribution in [3.63, 3.8) is 0 Å². The summed E-state index contributed by atoms with van der Waals surface area (Å²) >= 11 is 5.98. The van der Waals surface area contributed by atoms with E-state index in [1.165, 1.54) is 11.3 Å². The maximum atomic E-state index is 5.98. The molecule has 0 saturated heterocycles. The monoisotopic (exact) mass is 226 g/mol. The predicted octanol–water partition coefficient (Wildman–Crippen LogP) is 2.90. The van der Waals surface area contributed by atoms with Crippen molar-refractivity contribution in [1.82, 2.24) is 5.32 Å². The SMILES string of the molecule is CC(C)NCc1ccc(Cl)cc1N(C)C. The zero-order valence-corrected chi connectivity index (χ0v) is 10.6. The average Bonchev–Trinajstić information content (AvgIpc) is 2.15. The molecule has 1 N–H and O–H groups in total. The molecule has 0 aromatic heterocycles. The number of halogens is 1. The van der Waals surface area contributed by atoms with E-state index in [2.05, 4.69) is 30.1 Å². The number of benzene rings is 1. The van der Waals surface area contributed by atoms with Gasteiger partial charge in [-0.3, -0.25) is 0 Å². The summed E-state index contributed by atoms with van der Waals surface area (Å²) in [4.78, 5) is 2.09. The van der Waals surface area contributed by atoms with Crippen molar-refractivity contribution >= 4 is 17.3 Å². The van der Waals surface area contributed by atoms with Gasteiger partial charge in [0.1, 0.15) is 0 Å². The summed E-state index contributed by atoms with van der Waals surface area (Å²) in [5, 5.41) is 4.19. The maximum absolute atomic E-state index is 5.98. The van der Waals surface area contributed by atoms with Crippen molar-refractivity contribution in [2.45, 2.75) is 26.4 Å². The quantitative estimate of drug-likeness (QED) is 0.850. The minimum Gasteiger partial charge on any atom is -0.377 e. The molecule has 0 atom stereocenters. The molecular formula is C12H19ClN2. The third-order valence-corrected chi connectivity index (χ3v) is 2.47. The molecule has 0 unspecified atom stereocenters. The Morgan fingerprint density at radius 2 is 2.00 bits per heavy atom. The Kier molecular flexibility index (Phi) is 4.43. The average molecular weight is 227 g/mol. The van der Waals surface area contributed by atoms with Crippen LogP contribution < -0.4 is 10.2 Å². The lowest BCUT2D eigenvalue weighted by molar-refractivity contribution is 0.589. The van der Waals surface area contributed by atoms with E-state index >= 15 is 0 Å². The summed E-state index contributed by atoms with van der Waals surface area (Å²) in [5.74, 6) is 0. The molecule has 84 valence electrons. The van der Waals surface area contributed by atoms with Crippen LogP contribution in [0.25, 0.3) is 0 Å². The van der Waals surface area contributed by atoms with Crippen molar-refractivity contribution in [2.75, 3.05) is 19.0 Å². The Morgan fingerprint density at radius 3 is 2.53 bits per heavy atom. The Balaban J connectivity index is 2.86. The second-order valence-electron chi connectivity index (χ2n) is 4.20. The van der Waals surface area contributed by atoms with Crippen molar-refractivity contribution in [2.24, 2.45) is 0 Å². The van der Waals surface area contributed by atoms with Gasteiger partial charge in [-0.25, -0.2) is 0 Å². The van der Waals surface area contributed by atoms with Crippen LogP contribution in [0.4, 0.5) is 5.69 Å². The normalized spacial score (nSPS) is 10.8. The maximum Gasteiger partial charge on any atom is 0.0426 e. The van der Waals surface area contributed by atoms with Gasteiger partial charge in [0.2, 0.25) is 0 Å². The zero-order valence-electron chi connectivity index (χ0n) is 9.84. The van der Waals surface area contributed by atoms with Gasteiger partial charge >= 0.3 is 0 Å². The van der Waals surface area contributed by atoms with Crippen LogP contribution in [0.3, 0.4) is 0 Å². The first-order chi connectivity index (χ1) is 7.00. The summed E-state index contributed by atoms with van der Waals surface area (Å²) in [7, 11) is 4.06. The van der Waals surface area contributed by atoms with E-state index in [4.69, 9.17) is 11.6 Å². The van der Waals surface area contributed by atoms with Crippen LogP contribution in [0.2, 0.25) is 5.02 Å². The summed E-state index contributed by atoms with van der Waals surface area (Å²) in [6, 6.07) is 6.51. The number of rotatable bonds is 4. The molecule has 1 rings (SSSR count). The Labute approximate surface area is 97.2 Å². The van der Waals surface area contributed by atoms with Crippen LogP contribution in [-0.2, 0) is 6.54 Å². The van der Waals surface area contributed by atoms with E-state index in [-0.39, 0.29) is 0 Å². The van der Waals surface area contributed by atoms with Crippen LogP contribution in [0.1, 0.15) is 19.4 Å². The fourth-order valence-corrected chi connectivity index (χ4v) is 1.58. The highest BCUT2D eigenvalue weighted by Gasteiger charge is 2.05. The molecule has 0 aliphatic rings. The van der Waals surface area contributed by atoms with Gasteiger partial charge in [0.15, 0.2) is 0 Å². The Morgan fingerprint density at radius 1 is 1.33 bits per heavy atom. The highest BCUT2D eigenvalue weighted by molar-refractivity contribution is 6.30. The third kappa shape index (κ3) is 3.73. The summed E-state index contributed by atoms with van der Waals surface area (Å²) in [5.41, 5.74) is 2.45. The fourth-order valence-electron chi connectivity index (χ4n) is 1.42. The van der Waals surface area contributed by atoms with Gasteiger partial charge in [0.25, 0.3) is 0 Å². The van der Waals surface area contributed by atoms with Gasteiger partial charge in [-0.2, -0.15) is 0 Å². The number of nitrogens with one attached hydrogen (secondary N) is 1. The number of hydrogen-bond donors (Lipinski definition) is 1. The van der Waals surface area contributed by atoms with Crippen LogP contribution in [0, 0.1) is 0 Å². The Hall–Kier alpha value is -0.730. The zero-order chi connectivity index (χ0) is 11.4. The second-order valence-corrected chi connectivity index (χ2v) is 4.64. The molecule has 0 saturated carbocycles. The lowest BCUT2D eigenvalue weighted by atomic mass is 10.1. The van der Waals surface area contributed by atoms with Crippen LogP contribution in [-0.4, -0.2) is 20.1 Å². The molecular weight excluding hydrogens is 208 g/mol. The number of nitrogens with zero attached hydrogens (tertiary/aromatic N) is 1. The molecule has 1 aromatic rings.